The first kappa shape index (κ1) is 14.3. The van der Waals surface area contributed by atoms with Crippen LogP contribution in [0.25, 0.3) is 0 Å². The van der Waals surface area contributed by atoms with E-state index in [9.17, 15) is 0 Å². The van der Waals surface area contributed by atoms with Gasteiger partial charge < -0.3 is 15.0 Å². The molecule has 0 aromatic carbocycles. The summed E-state index contributed by atoms with van der Waals surface area (Å²) in [4.78, 5) is 7.61. The standard InChI is InChI=1S/C12H23N3OS/c1-5-6-7-8-13-9-10-11(16-4)14-12(17-10)15(2)3/h13H,5-9H2,1-4H3. The highest BCUT2D eigenvalue weighted by atomic mass is 32.1. The van der Waals surface area contributed by atoms with Crippen LogP contribution in [-0.4, -0.2) is 32.7 Å². The minimum atomic E-state index is 0.752. The van der Waals surface area contributed by atoms with Gasteiger partial charge in [-0.05, 0) is 13.0 Å². The zero-order valence-corrected chi connectivity index (χ0v) is 12.1. The lowest BCUT2D eigenvalue weighted by atomic mass is 10.2. The fourth-order valence-electron chi connectivity index (χ4n) is 1.49. The number of anilines is 1. The lowest BCUT2D eigenvalue weighted by Crippen LogP contribution is -2.14. The molecular formula is C12H23N3OS. The third kappa shape index (κ3) is 4.52. The monoisotopic (exact) mass is 257 g/mol. The molecule has 0 aliphatic heterocycles. The molecule has 0 aliphatic carbocycles. The summed E-state index contributed by atoms with van der Waals surface area (Å²) in [5.74, 6) is 0.752. The van der Waals surface area contributed by atoms with Gasteiger partial charge >= 0.3 is 0 Å². The van der Waals surface area contributed by atoms with Crippen LogP contribution in [0.15, 0.2) is 0 Å². The van der Waals surface area contributed by atoms with Crippen molar-refractivity contribution in [3.63, 3.8) is 0 Å². The first-order valence-electron chi connectivity index (χ1n) is 6.10. The zero-order valence-electron chi connectivity index (χ0n) is 11.2. The van der Waals surface area contributed by atoms with E-state index in [1.165, 1.54) is 24.1 Å². The van der Waals surface area contributed by atoms with Gasteiger partial charge in [0.05, 0.1) is 12.0 Å². The van der Waals surface area contributed by atoms with Gasteiger partial charge in [-0.2, -0.15) is 4.98 Å². The van der Waals surface area contributed by atoms with Crippen LogP contribution in [-0.2, 0) is 6.54 Å². The molecule has 0 atom stereocenters. The quantitative estimate of drug-likeness (QED) is 0.726. The van der Waals surface area contributed by atoms with Crippen molar-refractivity contribution in [2.24, 2.45) is 0 Å². The highest BCUT2D eigenvalue weighted by Crippen LogP contribution is 2.30. The van der Waals surface area contributed by atoms with E-state index in [2.05, 4.69) is 17.2 Å². The van der Waals surface area contributed by atoms with E-state index in [4.69, 9.17) is 4.74 Å². The Morgan fingerprint density at radius 3 is 2.71 bits per heavy atom. The van der Waals surface area contributed by atoms with Gasteiger partial charge in [0, 0.05) is 20.6 Å². The smallest absolute Gasteiger partial charge is 0.230 e. The fourth-order valence-corrected chi connectivity index (χ4v) is 2.41. The molecule has 0 saturated carbocycles. The second-order valence-electron chi connectivity index (χ2n) is 4.21. The van der Waals surface area contributed by atoms with E-state index in [0.29, 0.717) is 0 Å². The van der Waals surface area contributed by atoms with Crippen LogP contribution < -0.4 is 15.0 Å². The number of methoxy groups -OCH3 is 1. The highest BCUT2D eigenvalue weighted by molar-refractivity contribution is 7.15. The van der Waals surface area contributed by atoms with Crippen LogP contribution in [0.2, 0.25) is 0 Å². The van der Waals surface area contributed by atoms with E-state index < -0.39 is 0 Å². The second kappa shape index (κ2) is 7.50. The van der Waals surface area contributed by atoms with Crippen molar-refractivity contribution in [1.29, 1.82) is 0 Å². The van der Waals surface area contributed by atoms with Crippen LogP contribution in [0, 0.1) is 0 Å². The lowest BCUT2D eigenvalue weighted by Gasteiger charge is -2.05. The SMILES string of the molecule is CCCCCNCc1sc(N(C)C)nc1OC. The van der Waals surface area contributed by atoms with Crippen molar-refractivity contribution < 1.29 is 4.74 Å². The van der Waals surface area contributed by atoms with Gasteiger partial charge in [-0.15, -0.1) is 0 Å². The van der Waals surface area contributed by atoms with Crippen molar-refractivity contribution in [2.75, 3.05) is 32.6 Å². The molecular weight excluding hydrogens is 234 g/mol. The number of nitrogens with zero attached hydrogens (tertiary/aromatic N) is 2. The minimum Gasteiger partial charge on any atom is -0.480 e. The summed E-state index contributed by atoms with van der Waals surface area (Å²) in [7, 11) is 5.67. The van der Waals surface area contributed by atoms with Gasteiger partial charge in [0.1, 0.15) is 0 Å². The molecule has 1 aromatic heterocycles. The molecule has 1 rings (SSSR count). The third-order valence-corrected chi connectivity index (χ3v) is 3.67. The van der Waals surface area contributed by atoms with Crippen LogP contribution >= 0.6 is 11.3 Å². The van der Waals surface area contributed by atoms with Crippen molar-refractivity contribution in [3.05, 3.63) is 4.88 Å². The molecule has 1 aromatic rings. The molecule has 0 radical (unpaired) electrons. The highest BCUT2D eigenvalue weighted by Gasteiger charge is 2.12. The molecule has 17 heavy (non-hydrogen) atoms. The van der Waals surface area contributed by atoms with Gasteiger partial charge in [-0.25, -0.2) is 0 Å². The fraction of sp³-hybridized carbons (Fsp3) is 0.750. The molecule has 5 heteroatoms. The Bertz CT molecular complexity index is 326. The average Bonchev–Trinajstić information content (AvgIpc) is 2.72. The minimum absolute atomic E-state index is 0.752. The first-order valence-corrected chi connectivity index (χ1v) is 6.92. The summed E-state index contributed by atoms with van der Waals surface area (Å²) in [5, 5.41) is 4.43. The average molecular weight is 257 g/mol. The maximum absolute atomic E-state index is 5.29. The Kier molecular flexibility index (Phi) is 6.29. The molecule has 0 fully saturated rings. The summed E-state index contributed by atoms with van der Waals surface area (Å²) in [5.41, 5.74) is 0. The summed E-state index contributed by atoms with van der Waals surface area (Å²) in [6, 6.07) is 0. The predicted octanol–water partition coefficient (Wildman–Crippen LogP) is 2.50. The number of ether oxygens (including phenoxy) is 1. The van der Waals surface area contributed by atoms with Crippen molar-refractivity contribution >= 4 is 16.5 Å². The molecule has 0 unspecified atom stereocenters. The second-order valence-corrected chi connectivity index (χ2v) is 5.27. The number of hydrogen-bond donors (Lipinski definition) is 1. The van der Waals surface area contributed by atoms with Crippen molar-refractivity contribution in [3.8, 4) is 5.88 Å². The largest absolute Gasteiger partial charge is 0.480 e. The van der Waals surface area contributed by atoms with E-state index >= 15 is 0 Å². The molecule has 0 aliphatic rings. The molecule has 98 valence electrons. The summed E-state index contributed by atoms with van der Waals surface area (Å²) < 4.78 is 5.29. The van der Waals surface area contributed by atoms with Crippen LogP contribution in [0.4, 0.5) is 5.13 Å². The maximum Gasteiger partial charge on any atom is 0.230 e. The molecule has 0 amide bonds. The number of rotatable bonds is 8. The van der Waals surface area contributed by atoms with Crippen molar-refractivity contribution in [1.82, 2.24) is 10.3 Å². The van der Waals surface area contributed by atoms with E-state index in [0.717, 1.165) is 24.1 Å². The molecule has 4 nitrogen and oxygen atoms in total. The first-order chi connectivity index (χ1) is 8.19. The summed E-state index contributed by atoms with van der Waals surface area (Å²) in [6.45, 7) is 4.13. The van der Waals surface area contributed by atoms with E-state index in [-0.39, 0.29) is 0 Å². The van der Waals surface area contributed by atoms with Crippen LogP contribution in [0.5, 0.6) is 5.88 Å². The number of aromatic nitrogens is 1. The molecule has 0 saturated heterocycles. The summed E-state index contributed by atoms with van der Waals surface area (Å²) in [6.07, 6.45) is 3.78. The van der Waals surface area contributed by atoms with Crippen LogP contribution in [0.3, 0.4) is 0 Å². The Hall–Kier alpha value is -0.810. The number of hydrogen-bond acceptors (Lipinski definition) is 5. The predicted molar refractivity (Wildman–Crippen MR) is 74.2 cm³/mol. The van der Waals surface area contributed by atoms with Crippen molar-refractivity contribution in [2.45, 2.75) is 32.7 Å². The van der Waals surface area contributed by atoms with Gasteiger partial charge in [-0.3, -0.25) is 0 Å². The maximum atomic E-state index is 5.29. The number of nitrogens with one attached hydrogen (secondary N) is 1. The normalized spacial score (nSPS) is 10.6. The van der Waals surface area contributed by atoms with Gasteiger partial charge in [-0.1, -0.05) is 31.1 Å². The number of thiazole rings is 1. The third-order valence-electron chi connectivity index (χ3n) is 2.47. The Balaban J connectivity index is 2.46. The Morgan fingerprint density at radius 2 is 2.12 bits per heavy atom. The molecule has 0 spiro atoms. The van der Waals surface area contributed by atoms with Gasteiger partial charge in [0.15, 0.2) is 5.13 Å². The lowest BCUT2D eigenvalue weighted by molar-refractivity contribution is 0.394. The van der Waals surface area contributed by atoms with E-state index in [1.54, 1.807) is 18.4 Å². The molecule has 1 heterocycles. The van der Waals surface area contributed by atoms with Crippen LogP contribution in [0.1, 0.15) is 31.1 Å². The number of unbranched alkanes of at least 4 members (excludes halogenated alkanes) is 2. The van der Waals surface area contributed by atoms with Gasteiger partial charge in [0.25, 0.3) is 0 Å². The van der Waals surface area contributed by atoms with E-state index in [1.807, 2.05) is 19.0 Å². The molecule has 0 bridgehead atoms. The zero-order chi connectivity index (χ0) is 12.7. The Labute approximate surface area is 108 Å². The topological polar surface area (TPSA) is 37.4 Å². The Morgan fingerprint density at radius 1 is 1.35 bits per heavy atom. The van der Waals surface area contributed by atoms with Gasteiger partial charge in [0.2, 0.25) is 5.88 Å². The summed E-state index contributed by atoms with van der Waals surface area (Å²) >= 11 is 1.68. The molecule has 1 N–H and O–H groups in total.